The van der Waals surface area contributed by atoms with Gasteiger partial charge in [0.15, 0.2) is 18.5 Å². The van der Waals surface area contributed by atoms with Crippen molar-refractivity contribution in [2.24, 2.45) is 0 Å². The fraction of sp³-hybridized carbons (Fsp3) is 0.300. The van der Waals surface area contributed by atoms with Gasteiger partial charge in [0.25, 0.3) is 0 Å². The number of esters is 2. The predicted molar refractivity (Wildman–Crippen MR) is 93.9 cm³/mol. The van der Waals surface area contributed by atoms with E-state index < -0.39 is 42.6 Å². The van der Waals surface area contributed by atoms with E-state index in [1.165, 1.54) is 0 Å². The summed E-state index contributed by atoms with van der Waals surface area (Å²) in [7, 11) is 0. The molecule has 0 amide bonds. The summed E-state index contributed by atoms with van der Waals surface area (Å²) in [5.41, 5.74) is 0.564. The molecule has 27 heavy (non-hydrogen) atoms. The Balaban J connectivity index is 1.72. The van der Waals surface area contributed by atoms with Crippen molar-refractivity contribution in [3.63, 3.8) is 0 Å². The molecule has 1 saturated heterocycles. The minimum absolute atomic E-state index is 0.258. The van der Waals surface area contributed by atoms with Crippen LogP contribution in [-0.2, 0) is 14.2 Å². The number of benzene rings is 2. The third-order valence-corrected chi connectivity index (χ3v) is 4.28. The Morgan fingerprint density at radius 3 is 1.74 bits per heavy atom. The molecule has 2 N–H and O–H groups in total. The zero-order valence-electron chi connectivity index (χ0n) is 14.6. The maximum Gasteiger partial charge on any atom is 0.338 e. The number of carbonyl (C=O) groups excluding carboxylic acids is 2. The molecule has 0 bridgehead atoms. The smallest absolute Gasteiger partial charge is 0.338 e. The van der Waals surface area contributed by atoms with Crippen LogP contribution in [0.3, 0.4) is 0 Å². The van der Waals surface area contributed by atoms with Gasteiger partial charge in [0.1, 0.15) is 6.10 Å². The van der Waals surface area contributed by atoms with Crippen LogP contribution in [0.2, 0.25) is 0 Å². The minimum atomic E-state index is -1.55. The van der Waals surface area contributed by atoms with E-state index >= 15 is 0 Å². The average Bonchev–Trinajstić information content (AvgIpc) is 2.69. The van der Waals surface area contributed by atoms with Crippen molar-refractivity contribution in [3.05, 3.63) is 71.8 Å². The van der Waals surface area contributed by atoms with Crippen molar-refractivity contribution in [3.8, 4) is 0 Å². The van der Waals surface area contributed by atoms with Crippen molar-refractivity contribution in [1.29, 1.82) is 0 Å². The van der Waals surface area contributed by atoms with Gasteiger partial charge in [0, 0.05) is 0 Å². The lowest BCUT2D eigenvalue weighted by molar-refractivity contribution is -0.276. The van der Waals surface area contributed by atoms with Crippen LogP contribution in [0.5, 0.6) is 0 Å². The van der Waals surface area contributed by atoms with E-state index in [0.29, 0.717) is 5.56 Å². The molecule has 2 aromatic carbocycles. The van der Waals surface area contributed by atoms with Crippen LogP contribution in [0, 0.1) is 0 Å². The van der Waals surface area contributed by atoms with Crippen molar-refractivity contribution >= 4 is 11.9 Å². The number of hydrogen-bond donors (Lipinski definition) is 2. The monoisotopic (exact) mass is 372 g/mol. The van der Waals surface area contributed by atoms with Crippen molar-refractivity contribution in [1.82, 2.24) is 0 Å². The highest BCUT2D eigenvalue weighted by Gasteiger charge is 2.47. The third-order valence-electron chi connectivity index (χ3n) is 4.28. The Kier molecular flexibility index (Phi) is 5.85. The highest BCUT2D eigenvalue weighted by molar-refractivity contribution is 5.90. The van der Waals surface area contributed by atoms with Gasteiger partial charge < -0.3 is 24.4 Å². The summed E-state index contributed by atoms with van der Waals surface area (Å²) < 4.78 is 15.9. The fourth-order valence-corrected chi connectivity index (χ4v) is 2.83. The first-order chi connectivity index (χ1) is 13.0. The van der Waals surface area contributed by atoms with Crippen molar-refractivity contribution in [2.45, 2.75) is 37.6 Å². The molecule has 0 spiro atoms. The van der Waals surface area contributed by atoms with Crippen LogP contribution >= 0.6 is 0 Å². The van der Waals surface area contributed by atoms with Crippen LogP contribution in [0.1, 0.15) is 27.6 Å². The van der Waals surface area contributed by atoms with Gasteiger partial charge in [-0.3, -0.25) is 0 Å². The Morgan fingerprint density at radius 1 is 0.815 bits per heavy atom. The van der Waals surface area contributed by atoms with Crippen LogP contribution in [-0.4, -0.2) is 52.9 Å². The average molecular weight is 372 g/mol. The molecule has 0 radical (unpaired) electrons. The van der Waals surface area contributed by atoms with E-state index in [-0.39, 0.29) is 5.56 Å². The molecule has 0 saturated carbocycles. The highest BCUT2D eigenvalue weighted by atomic mass is 16.7. The van der Waals surface area contributed by atoms with Gasteiger partial charge in [0.05, 0.1) is 17.2 Å². The molecule has 5 atom stereocenters. The molecular formula is C20H20O7. The van der Waals surface area contributed by atoms with Crippen LogP contribution in [0.25, 0.3) is 0 Å². The summed E-state index contributed by atoms with van der Waals surface area (Å²) in [5, 5.41) is 20.6. The number of aliphatic hydroxyl groups excluding tert-OH is 2. The van der Waals surface area contributed by atoms with E-state index in [2.05, 4.69) is 0 Å². The Bertz CT molecular complexity index is 712. The number of carbonyl (C=O) groups is 2. The molecule has 2 aromatic rings. The normalized spacial score (nSPS) is 27.6. The Labute approximate surface area is 156 Å². The molecule has 1 fully saturated rings. The van der Waals surface area contributed by atoms with E-state index in [9.17, 15) is 19.8 Å². The summed E-state index contributed by atoms with van der Waals surface area (Å²) in [5.74, 6) is -1.38. The van der Waals surface area contributed by atoms with Gasteiger partial charge in [-0.25, -0.2) is 9.59 Å². The zero-order chi connectivity index (χ0) is 19.4. The van der Waals surface area contributed by atoms with E-state index in [1.807, 2.05) is 0 Å². The molecule has 7 nitrogen and oxygen atoms in total. The number of aliphatic hydroxyl groups is 2. The first-order valence-electron chi connectivity index (χ1n) is 8.51. The van der Waals surface area contributed by atoms with Crippen LogP contribution in [0.15, 0.2) is 60.7 Å². The third kappa shape index (κ3) is 4.33. The molecule has 1 heterocycles. The van der Waals surface area contributed by atoms with Gasteiger partial charge in [-0.1, -0.05) is 36.4 Å². The second kappa shape index (κ2) is 8.30. The summed E-state index contributed by atoms with van der Waals surface area (Å²) in [6.45, 7) is 1.55. The summed E-state index contributed by atoms with van der Waals surface area (Å²) in [6, 6.07) is 16.4. The highest BCUT2D eigenvalue weighted by Crippen LogP contribution is 2.26. The molecule has 3 rings (SSSR count). The number of hydrogen-bond acceptors (Lipinski definition) is 7. The van der Waals surface area contributed by atoms with Gasteiger partial charge in [-0.2, -0.15) is 0 Å². The largest absolute Gasteiger partial charge is 0.453 e. The van der Waals surface area contributed by atoms with Gasteiger partial charge in [0.2, 0.25) is 0 Å². The Hall–Kier alpha value is -2.74. The Morgan fingerprint density at radius 2 is 1.26 bits per heavy atom. The summed E-state index contributed by atoms with van der Waals surface area (Å²) in [4.78, 5) is 24.5. The topological polar surface area (TPSA) is 102 Å². The molecular weight excluding hydrogens is 352 g/mol. The van der Waals surface area contributed by atoms with E-state index in [4.69, 9.17) is 14.2 Å². The van der Waals surface area contributed by atoms with Gasteiger partial charge >= 0.3 is 11.9 Å². The molecule has 0 unspecified atom stereocenters. The molecule has 7 heteroatoms. The molecule has 1 aliphatic heterocycles. The second-order valence-corrected chi connectivity index (χ2v) is 6.19. The number of ether oxygens (including phenoxy) is 3. The molecule has 0 aliphatic carbocycles. The van der Waals surface area contributed by atoms with Crippen LogP contribution in [0.4, 0.5) is 0 Å². The second-order valence-electron chi connectivity index (χ2n) is 6.19. The quantitative estimate of drug-likeness (QED) is 0.785. The summed E-state index contributed by atoms with van der Waals surface area (Å²) in [6.07, 6.45) is -6.31. The lowest BCUT2D eigenvalue weighted by Gasteiger charge is -2.40. The lowest BCUT2D eigenvalue weighted by atomic mass is 9.99. The number of rotatable bonds is 4. The SMILES string of the molecule is C[C@H]1O[C@H](O)[C@H](OC(=O)c2ccccc2)[C@@H](O)[C@H]1OC(=O)c1ccccc1. The molecule has 142 valence electrons. The van der Waals surface area contributed by atoms with Crippen molar-refractivity contribution < 1.29 is 34.0 Å². The van der Waals surface area contributed by atoms with Crippen molar-refractivity contribution in [2.75, 3.05) is 0 Å². The molecule has 1 aliphatic rings. The zero-order valence-corrected chi connectivity index (χ0v) is 14.6. The van der Waals surface area contributed by atoms with E-state index in [1.54, 1.807) is 67.6 Å². The van der Waals surface area contributed by atoms with Gasteiger partial charge in [-0.05, 0) is 31.2 Å². The fourth-order valence-electron chi connectivity index (χ4n) is 2.83. The van der Waals surface area contributed by atoms with Crippen LogP contribution < -0.4 is 0 Å². The van der Waals surface area contributed by atoms with Gasteiger partial charge in [-0.15, -0.1) is 0 Å². The standard InChI is InChI=1S/C20H20O7/c1-12-16(26-18(22)13-8-4-2-5-9-13)15(21)17(20(24)25-12)27-19(23)14-10-6-3-7-11-14/h2-12,15-17,20-21,24H,1H3/t12-,15+,16+,17-,20+/m1/s1. The minimum Gasteiger partial charge on any atom is -0.453 e. The first-order valence-corrected chi connectivity index (χ1v) is 8.51. The molecule has 0 aromatic heterocycles. The first kappa shape index (κ1) is 19.0. The lowest BCUT2D eigenvalue weighted by Crippen LogP contribution is -2.59. The van der Waals surface area contributed by atoms with E-state index in [0.717, 1.165) is 0 Å². The maximum atomic E-state index is 12.3. The predicted octanol–water partition coefficient (Wildman–Crippen LogP) is 1.54. The maximum absolute atomic E-state index is 12.3. The summed E-state index contributed by atoms with van der Waals surface area (Å²) >= 11 is 0.